The Morgan fingerprint density at radius 2 is 1.91 bits per heavy atom. The molecular formula is C16H31IN4S. The van der Waals surface area contributed by atoms with Crippen molar-refractivity contribution in [1.82, 2.24) is 15.5 Å². The van der Waals surface area contributed by atoms with E-state index in [-0.39, 0.29) is 24.0 Å². The quantitative estimate of drug-likeness (QED) is 0.282. The second-order valence-corrected chi connectivity index (χ2v) is 6.54. The molecule has 0 saturated carbocycles. The van der Waals surface area contributed by atoms with Gasteiger partial charge in [0, 0.05) is 38.8 Å². The minimum Gasteiger partial charge on any atom is -0.356 e. The lowest BCUT2D eigenvalue weighted by Crippen LogP contribution is -2.41. The number of nitrogens with one attached hydrogen (secondary N) is 2. The van der Waals surface area contributed by atoms with E-state index in [0.29, 0.717) is 12.1 Å². The Morgan fingerprint density at radius 1 is 1.23 bits per heavy atom. The van der Waals surface area contributed by atoms with Gasteiger partial charge in [-0.15, -0.1) is 24.0 Å². The number of guanidine groups is 1. The number of hydrogen-bond acceptors (Lipinski definition) is 3. The highest BCUT2D eigenvalue weighted by Gasteiger charge is 2.12. The zero-order chi connectivity index (χ0) is 15.7. The van der Waals surface area contributed by atoms with Gasteiger partial charge in [0.15, 0.2) is 5.96 Å². The van der Waals surface area contributed by atoms with E-state index in [4.69, 9.17) is 0 Å². The lowest BCUT2D eigenvalue weighted by molar-refractivity contribution is 0.173. The van der Waals surface area contributed by atoms with E-state index in [1.807, 2.05) is 7.05 Å². The van der Waals surface area contributed by atoms with Crippen molar-refractivity contribution in [2.45, 2.75) is 52.7 Å². The van der Waals surface area contributed by atoms with Crippen LogP contribution < -0.4 is 10.6 Å². The van der Waals surface area contributed by atoms with Gasteiger partial charge in [0.25, 0.3) is 0 Å². The van der Waals surface area contributed by atoms with Gasteiger partial charge in [0.2, 0.25) is 0 Å². The summed E-state index contributed by atoms with van der Waals surface area (Å²) in [6.07, 6.45) is 1.12. The van der Waals surface area contributed by atoms with E-state index >= 15 is 0 Å². The Labute approximate surface area is 156 Å². The molecule has 2 N–H and O–H groups in total. The highest BCUT2D eigenvalue weighted by molar-refractivity contribution is 14.0. The lowest BCUT2D eigenvalue weighted by Gasteiger charge is -2.30. The molecule has 0 radical (unpaired) electrons. The maximum atomic E-state index is 4.26. The molecule has 0 aliphatic heterocycles. The van der Waals surface area contributed by atoms with Gasteiger partial charge in [-0.2, -0.15) is 11.3 Å². The number of nitrogens with zero attached hydrogens (tertiary/aromatic N) is 2. The van der Waals surface area contributed by atoms with Gasteiger partial charge < -0.3 is 10.6 Å². The summed E-state index contributed by atoms with van der Waals surface area (Å²) in [5, 5.41) is 11.0. The molecule has 4 nitrogen and oxygen atoms in total. The van der Waals surface area contributed by atoms with Crippen LogP contribution in [0.25, 0.3) is 0 Å². The first-order chi connectivity index (χ1) is 10.0. The molecule has 0 fully saturated rings. The molecule has 0 saturated heterocycles. The molecule has 6 heteroatoms. The van der Waals surface area contributed by atoms with Crippen molar-refractivity contribution in [3.63, 3.8) is 0 Å². The van der Waals surface area contributed by atoms with Crippen LogP contribution in [0, 0.1) is 0 Å². The first kappa shape index (κ1) is 21.7. The predicted octanol–water partition coefficient (Wildman–Crippen LogP) is 3.54. The zero-order valence-electron chi connectivity index (χ0n) is 14.4. The summed E-state index contributed by atoms with van der Waals surface area (Å²) in [6.45, 7) is 11.9. The summed E-state index contributed by atoms with van der Waals surface area (Å²) in [4.78, 5) is 6.78. The molecule has 0 amide bonds. The highest BCUT2D eigenvalue weighted by atomic mass is 127. The topological polar surface area (TPSA) is 39.7 Å². The van der Waals surface area contributed by atoms with E-state index in [2.05, 4.69) is 65.0 Å². The maximum absolute atomic E-state index is 4.26. The first-order valence-electron chi connectivity index (χ1n) is 7.76. The second kappa shape index (κ2) is 12.1. The summed E-state index contributed by atoms with van der Waals surface area (Å²) in [5.74, 6) is 0.877. The van der Waals surface area contributed by atoms with Crippen LogP contribution in [0.2, 0.25) is 0 Å². The summed E-state index contributed by atoms with van der Waals surface area (Å²) in [6, 6.07) is 3.33. The van der Waals surface area contributed by atoms with Crippen LogP contribution in [0.3, 0.4) is 0 Å². The minimum atomic E-state index is 0. The summed E-state index contributed by atoms with van der Waals surface area (Å²) >= 11 is 1.72. The van der Waals surface area contributed by atoms with Crippen molar-refractivity contribution in [3.8, 4) is 0 Å². The normalized spacial score (nSPS) is 11.9. The molecule has 0 spiro atoms. The van der Waals surface area contributed by atoms with E-state index in [1.54, 1.807) is 11.3 Å². The van der Waals surface area contributed by atoms with Crippen molar-refractivity contribution < 1.29 is 0 Å². The van der Waals surface area contributed by atoms with E-state index in [1.165, 1.54) is 5.56 Å². The smallest absolute Gasteiger partial charge is 0.191 e. The molecule has 0 atom stereocenters. The molecule has 0 aromatic carbocycles. The Bertz CT molecular complexity index is 396. The third-order valence-corrected chi connectivity index (χ3v) is 4.21. The number of aliphatic imine (C=N–C) groups is 1. The zero-order valence-corrected chi connectivity index (χ0v) is 17.6. The Balaban J connectivity index is 0.00000441. The van der Waals surface area contributed by atoms with Gasteiger partial charge in [-0.05, 0) is 56.5 Å². The monoisotopic (exact) mass is 438 g/mol. The molecule has 1 aromatic rings. The lowest BCUT2D eigenvalue weighted by atomic mass is 10.2. The number of hydrogen-bond donors (Lipinski definition) is 2. The summed E-state index contributed by atoms with van der Waals surface area (Å²) < 4.78 is 0. The van der Waals surface area contributed by atoms with Crippen molar-refractivity contribution in [2.24, 2.45) is 4.99 Å². The van der Waals surface area contributed by atoms with E-state index in [0.717, 1.165) is 32.0 Å². The molecule has 22 heavy (non-hydrogen) atoms. The van der Waals surface area contributed by atoms with Crippen molar-refractivity contribution >= 4 is 41.3 Å². The van der Waals surface area contributed by atoms with Crippen LogP contribution in [0.5, 0.6) is 0 Å². The summed E-state index contributed by atoms with van der Waals surface area (Å²) in [5.41, 5.74) is 1.30. The van der Waals surface area contributed by atoms with Crippen molar-refractivity contribution in [2.75, 3.05) is 20.1 Å². The highest BCUT2D eigenvalue weighted by Crippen LogP contribution is 2.06. The van der Waals surface area contributed by atoms with Crippen LogP contribution in [0.1, 0.15) is 39.7 Å². The average Bonchev–Trinajstić information content (AvgIpc) is 2.94. The minimum absolute atomic E-state index is 0. The third-order valence-electron chi connectivity index (χ3n) is 3.48. The molecule has 0 aliphatic carbocycles. The van der Waals surface area contributed by atoms with Crippen LogP contribution in [0.15, 0.2) is 21.8 Å². The standard InChI is InChI=1S/C16H30N4S.HI/c1-13(2)20(14(3)4)9-6-8-18-16(17-5)19-11-15-7-10-21-12-15;/h7,10,12-14H,6,8-9,11H2,1-5H3,(H2,17,18,19);1H. The Hall–Kier alpha value is -0.340. The maximum Gasteiger partial charge on any atom is 0.191 e. The van der Waals surface area contributed by atoms with Gasteiger partial charge in [0.05, 0.1) is 0 Å². The van der Waals surface area contributed by atoms with Gasteiger partial charge >= 0.3 is 0 Å². The van der Waals surface area contributed by atoms with Crippen LogP contribution in [0.4, 0.5) is 0 Å². The van der Waals surface area contributed by atoms with Gasteiger partial charge in [-0.1, -0.05) is 0 Å². The largest absolute Gasteiger partial charge is 0.356 e. The molecule has 1 aromatic heterocycles. The molecule has 128 valence electrons. The first-order valence-corrected chi connectivity index (χ1v) is 8.70. The van der Waals surface area contributed by atoms with Gasteiger partial charge in [-0.3, -0.25) is 9.89 Å². The van der Waals surface area contributed by atoms with Crippen LogP contribution in [-0.4, -0.2) is 43.1 Å². The number of thiophene rings is 1. The Morgan fingerprint density at radius 3 is 2.41 bits per heavy atom. The van der Waals surface area contributed by atoms with E-state index < -0.39 is 0 Å². The predicted molar refractivity (Wildman–Crippen MR) is 110 cm³/mol. The molecule has 1 rings (SSSR count). The number of halogens is 1. The fourth-order valence-electron chi connectivity index (χ4n) is 2.38. The molecule has 0 aliphatic rings. The SMILES string of the molecule is CN=C(NCCCN(C(C)C)C(C)C)NCc1ccsc1.I. The molecule has 0 unspecified atom stereocenters. The van der Waals surface area contributed by atoms with Gasteiger partial charge in [0.1, 0.15) is 0 Å². The van der Waals surface area contributed by atoms with Gasteiger partial charge in [-0.25, -0.2) is 0 Å². The molecule has 1 heterocycles. The van der Waals surface area contributed by atoms with Crippen molar-refractivity contribution in [3.05, 3.63) is 22.4 Å². The fraction of sp³-hybridized carbons (Fsp3) is 0.688. The van der Waals surface area contributed by atoms with Crippen molar-refractivity contribution in [1.29, 1.82) is 0 Å². The average molecular weight is 438 g/mol. The number of rotatable bonds is 8. The third kappa shape index (κ3) is 8.33. The van der Waals surface area contributed by atoms with Crippen LogP contribution >= 0.6 is 35.3 Å². The Kier molecular flexibility index (Phi) is 11.9. The summed E-state index contributed by atoms with van der Waals surface area (Å²) in [7, 11) is 1.82. The molecular weight excluding hydrogens is 407 g/mol. The molecule has 0 bridgehead atoms. The second-order valence-electron chi connectivity index (χ2n) is 5.76. The van der Waals surface area contributed by atoms with Crippen LogP contribution in [-0.2, 0) is 6.54 Å². The fourth-order valence-corrected chi connectivity index (χ4v) is 3.05. The van der Waals surface area contributed by atoms with E-state index in [9.17, 15) is 0 Å².